The molecule has 0 radical (unpaired) electrons. The fourth-order valence-electron chi connectivity index (χ4n) is 3.87. The lowest BCUT2D eigenvalue weighted by molar-refractivity contribution is 0.00985. The number of halogens is 1. The van der Waals surface area contributed by atoms with Crippen molar-refractivity contribution >= 4 is 27.6 Å². The van der Waals surface area contributed by atoms with Crippen molar-refractivity contribution in [2.45, 2.75) is 26.6 Å². The van der Waals surface area contributed by atoms with Gasteiger partial charge in [-0.2, -0.15) is 8.42 Å². The van der Waals surface area contributed by atoms with E-state index in [2.05, 4.69) is 14.3 Å². The number of ether oxygens (including phenoxy) is 2. The van der Waals surface area contributed by atoms with E-state index >= 15 is 4.39 Å². The zero-order valence-electron chi connectivity index (χ0n) is 21.5. The van der Waals surface area contributed by atoms with Crippen molar-refractivity contribution in [1.29, 1.82) is 0 Å². The van der Waals surface area contributed by atoms with Crippen LogP contribution in [0.1, 0.15) is 25.0 Å². The van der Waals surface area contributed by atoms with Crippen molar-refractivity contribution in [1.82, 2.24) is 14.5 Å². The molecule has 1 aliphatic rings. The Labute approximate surface area is 216 Å². The number of nitrogens with one attached hydrogen (secondary N) is 2. The van der Waals surface area contributed by atoms with E-state index in [9.17, 15) is 18.3 Å². The molecule has 2 aromatic rings. The highest BCUT2D eigenvalue weighted by Crippen LogP contribution is 2.40. The van der Waals surface area contributed by atoms with Crippen molar-refractivity contribution in [3.05, 3.63) is 58.9 Å². The molecule has 202 valence electrons. The first-order valence-electron chi connectivity index (χ1n) is 11.8. The maximum atomic E-state index is 15.3. The molecule has 0 aromatic heterocycles. The minimum atomic E-state index is -3.92. The third-order valence-corrected chi connectivity index (χ3v) is 7.05. The standard InChI is InChI=1S/C25H33FN4O6S/c1-6-30(7-2)15-20-18-12-11-17(35-25(32)29(4)5)14-22(18)36-24(31)19(20)13-16-9-8-10-21(23(16)26)28-37(33,34)27-3/h8-12,14,24,27-28,31H,6-7,13,15H2,1-5H3. The number of hydrogen-bond acceptors (Lipinski definition) is 7. The minimum absolute atomic E-state index is 0.0183. The van der Waals surface area contributed by atoms with Crippen LogP contribution >= 0.6 is 0 Å². The van der Waals surface area contributed by atoms with Crippen LogP contribution in [-0.4, -0.2) is 76.5 Å². The molecule has 2 aromatic carbocycles. The number of hydrogen-bond donors (Lipinski definition) is 3. The van der Waals surface area contributed by atoms with Crippen LogP contribution in [0.3, 0.4) is 0 Å². The number of likely N-dealkylation sites (N-methyl/N-ethyl adjacent to an activating group) is 1. The van der Waals surface area contributed by atoms with Crippen molar-refractivity contribution in [2.24, 2.45) is 0 Å². The predicted molar refractivity (Wildman–Crippen MR) is 139 cm³/mol. The molecule has 12 heteroatoms. The van der Waals surface area contributed by atoms with Crippen LogP contribution in [0.2, 0.25) is 0 Å². The van der Waals surface area contributed by atoms with Gasteiger partial charge in [0.2, 0.25) is 6.29 Å². The highest BCUT2D eigenvalue weighted by Gasteiger charge is 2.30. The molecule has 37 heavy (non-hydrogen) atoms. The van der Waals surface area contributed by atoms with Gasteiger partial charge in [0, 0.05) is 51.3 Å². The number of carbonyl (C=O) groups is 1. The Balaban J connectivity index is 2.06. The molecule has 3 rings (SSSR count). The van der Waals surface area contributed by atoms with Gasteiger partial charge in [0.25, 0.3) is 10.2 Å². The molecule has 1 aliphatic heterocycles. The van der Waals surface area contributed by atoms with E-state index in [1.807, 2.05) is 13.8 Å². The van der Waals surface area contributed by atoms with E-state index in [0.29, 0.717) is 23.4 Å². The number of benzene rings is 2. The number of aliphatic hydroxyl groups excluding tert-OH is 1. The summed E-state index contributed by atoms with van der Waals surface area (Å²) in [5.41, 5.74) is 1.86. The molecule has 0 saturated heterocycles. The zero-order valence-corrected chi connectivity index (χ0v) is 22.4. The lowest BCUT2D eigenvalue weighted by Crippen LogP contribution is -2.32. The van der Waals surface area contributed by atoms with E-state index in [0.717, 1.165) is 18.7 Å². The largest absolute Gasteiger partial charge is 0.460 e. The van der Waals surface area contributed by atoms with Gasteiger partial charge in [0.05, 0.1) is 5.69 Å². The van der Waals surface area contributed by atoms with Gasteiger partial charge in [0.1, 0.15) is 11.5 Å². The fourth-order valence-corrected chi connectivity index (χ4v) is 4.42. The monoisotopic (exact) mass is 536 g/mol. The van der Waals surface area contributed by atoms with Gasteiger partial charge in [-0.05, 0) is 42.4 Å². The van der Waals surface area contributed by atoms with Gasteiger partial charge in [-0.3, -0.25) is 9.62 Å². The molecule has 10 nitrogen and oxygen atoms in total. The fraction of sp³-hybridized carbons (Fsp3) is 0.400. The van der Waals surface area contributed by atoms with Crippen LogP contribution in [0.15, 0.2) is 42.0 Å². The molecule has 1 atom stereocenters. The molecule has 0 aliphatic carbocycles. The van der Waals surface area contributed by atoms with Crippen molar-refractivity contribution in [3.63, 3.8) is 0 Å². The molecule has 0 fully saturated rings. The van der Waals surface area contributed by atoms with Gasteiger partial charge >= 0.3 is 6.09 Å². The van der Waals surface area contributed by atoms with Crippen LogP contribution in [0.4, 0.5) is 14.9 Å². The van der Waals surface area contributed by atoms with Gasteiger partial charge in [-0.25, -0.2) is 13.9 Å². The summed E-state index contributed by atoms with van der Waals surface area (Å²) < 4.78 is 54.4. The summed E-state index contributed by atoms with van der Waals surface area (Å²) >= 11 is 0. The Bertz CT molecular complexity index is 1280. The van der Waals surface area contributed by atoms with Crippen molar-refractivity contribution < 1.29 is 32.2 Å². The number of carbonyl (C=O) groups excluding carboxylic acids is 1. The summed E-state index contributed by atoms with van der Waals surface area (Å²) in [6.45, 7) is 5.98. The number of aliphatic hydroxyl groups is 1. The van der Waals surface area contributed by atoms with Gasteiger partial charge in [0.15, 0.2) is 5.82 Å². The number of anilines is 1. The summed E-state index contributed by atoms with van der Waals surface area (Å²) in [4.78, 5) is 15.4. The first-order chi connectivity index (χ1) is 17.5. The summed E-state index contributed by atoms with van der Waals surface area (Å²) in [5, 5.41) is 11.0. The zero-order chi connectivity index (χ0) is 27.3. The molecule has 1 amide bonds. The summed E-state index contributed by atoms with van der Waals surface area (Å²) in [6.07, 6.45) is -1.97. The molecule has 3 N–H and O–H groups in total. The SMILES string of the molecule is CCN(CC)CC1=C(Cc2cccc(NS(=O)(=O)NC)c2F)C(O)Oc2cc(OC(=O)N(C)C)ccc21. The van der Waals surface area contributed by atoms with E-state index in [1.54, 1.807) is 26.2 Å². The van der Waals surface area contributed by atoms with Gasteiger partial charge in [-0.15, -0.1) is 0 Å². The molecule has 0 bridgehead atoms. The minimum Gasteiger partial charge on any atom is -0.460 e. The normalized spacial score (nSPS) is 15.3. The van der Waals surface area contributed by atoms with E-state index in [4.69, 9.17) is 9.47 Å². The average Bonchev–Trinajstić information content (AvgIpc) is 2.85. The lowest BCUT2D eigenvalue weighted by Gasteiger charge is -2.31. The Kier molecular flexibility index (Phi) is 9.13. The molecular formula is C25H33FN4O6S. The quantitative estimate of drug-likeness (QED) is 0.427. The molecule has 0 spiro atoms. The summed E-state index contributed by atoms with van der Waals surface area (Å²) in [6, 6.07) is 9.29. The second-order valence-electron chi connectivity index (χ2n) is 8.62. The topological polar surface area (TPSA) is 120 Å². The maximum absolute atomic E-state index is 15.3. The van der Waals surface area contributed by atoms with Crippen LogP contribution < -0.4 is 18.9 Å². The van der Waals surface area contributed by atoms with Crippen LogP contribution in [0.5, 0.6) is 11.5 Å². The second kappa shape index (κ2) is 11.9. The van der Waals surface area contributed by atoms with Gasteiger partial charge < -0.3 is 19.5 Å². The number of fused-ring (bicyclic) bond motifs is 1. The van der Waals surface area contributed by atoms with Crippen LogP contribution in [0, 0.1) is 5.82 Å². The van der Waals surface area contributed by atoms with E-state index in [1.165, 1.54) is 36.2 Å². The molecule has 1 heterocycles. The second-order valence-corrected chi connectivity index (χ2v) is 10.2. The lowest BCUT2D eigenvalue weighted by atomic mass is 9.91. The van der Waals surface area contributed by atoms with Crippen LogP contribution in [-0.2, 0) is 16.6 Å². The first-order valence-corrected chi connectivity index (χ1v) is 13.3. The van der Waals surface area contributed by atoms with E-state index in [-0.39, 0.29) is 23.4 Å². The predicted octanol–water partition coefficient (Wildman–Crippen LogP) is 2.81. The highest BCUT2D eigenvalue weighted by molar-refractivity contribution is 7.90. The summed E-state index contributed by atoms with van der Waals surface area (Å²) in [5.74, 6) is -0.163. The summed E-state index contributed by atoms with van der Waals surface area (Å²) in [7, 11) is 0.429. The number of nitrogens with zero attached hydrogens (tertiary/aromatic N) is 2. The third kappa shape index (κ3) is 6.77. The molecule has 1 unspecified atom stereocenters. The maximum Gasteiger partial charge on any atom is 0.414 e. The Hall–Kier alpha value is -3.19. The molecule has 0 saturated carbocycles. The Morgan fingerprint density at radius 3 is 2.51 bits per heavy atom. The Morgan fingerprint density at radius 2 is 1.89 bits per heavy atom. The Morgan fingerprint density at radius 1 is 1.19 bits per heavy atom. The van der Waals surface area contributed by atoms with Crippen molar-refractivity contribution in [2.75, 3.05) is 45.5 Å². The molecular weight excluding hydrogens is 503 g/mol. The smallest absolute Gasteiger partial charge is 0.414 e. The number of amides is 1. The van der Waals surface area contributed by atoms with E-state index < -0.39 is 28.4 Å². The average molecular weight is 537 g/mol. The van der Waals surface area contributed by atoms with Crippen molar-refractivity contribution in [3.8, 4) is 11.5 Å². The first kappa shape index (κ1) is 28.4. The number of rotatable bonds is 10. The third-order valence-electron chi connectivity index (χ3n) is 6.02. The van der Waals surface area contributed by atoms with Gasteiger partial charge in [-0.1, -0.05) is 26.0 Å². The van der Waals surface area contributed by atoms with Crippen LogP contribution in [0.25, 0.3) is 5.57 Å². The highest BCUT2D eigenvalue weighted by atomic mass is 32.2.